The van der Waals surface area contributed by atoms with Gasteiger partial charge in [-0.3, -0.25) is 4.79 Å². The molecule has 1 aromatic carbocycles. The first-order chi connectivity index (χ1) is 14.4. The Balaban J connectivity index is 1.61. The molecule has 0 N–H and O–H groups in total. The highest BCUT2D eigenvalue weighted by molar-refractivity contribution is 5.92. The number of carbonyl (C=O) groups is 1. The van der Waals surface area contributed by atoms with Crippen molar-refractivity contribution in [1.82, 2.24) is 9.88 Å². The molecule has 8 heteroatoms. The van der Waals surface area contributed by atoms with Crippen molar-refractivity contribution in [2.45, 2.75) is 19.5 Å². The Morgan fingerprint density at radius 2 is 1.93 bits per heavy atom. The van der Waals surface area contributed by atoms with E-state index in [2.05, 4.69) is 4.98 Å². The minimum Gasteiger partial charge on any atom is -0.493 e. The molecule has 1 aliphatic heterocycles. The van der Waals surface area contributed by atoms with Gasteiger partial charge in [-0.05, 0) is 37.6 Å². The smallest absolute Gasteiger partial charge is 0.417 e. The van der Waals surface area contributed by atoms with E-state index < -0.39 is 11.7 Å². The summed E-state index contributed by atoms with van der Waals surface area (Å²) >= 11 is 0. The lowest BCUT2D eigenvalue weighted by molar-refractivity contribution is -0.137. The van der Waals surface area contributed by atoms with Crippen LogP contribution >= 0.6 is 0 Å². The molecule has 160 valence electrons. The number of amides is 1. The van der Waals surface area contributed by atoms with Crippen LogP contribution in [0.3, 0.4) is 0 Å². The number of nitrogens with zero attached hydrogens (tertiary/aromatic N) is 3. The zero-order valence-corrected chi connectivity index (χ0v) is 16.7. The number of anilines is 1. The molecule has 0 atom stereocenters. The number of halogens is 3. The van der Waals surface area contributed by atoms with Crippen molar-refractivity contribution in [2.75, 3.05) is 37.7 Å². The molecule has 0 saturated carbocycles. The summed E-state index contributed by atoms with van der Waals surface area (Å²) in [6.45, 7) is 4.62. The zero-order valence-electron chi connectivity index (χ0n) is 16.7. The lowest BCUT2D eigenvalue weighted by Gasteiger charge is -2.22. The van der Waals surface area contributed by atoms with E-state index >= 15 is 0 Å². The summed E-state index contributed by atoms with van der Waals surface area (Å²) in [4.78, 5) is 20.2. The second-order valence-corrected chi connectivity index (χ2v) is 6.87. The largest absolute Gasteiger partial charge is 0.493 e. The highest BCUT2D eigenvalue weighted by Crippen LogP contribution is 2.29. The van der Waals surface area contributed by atoms with E-state index in [0.29, 0.717) is 45.0 Å². The summed E-state index contributed by atoms with van der Waals surface area (Å²) in [5, 5.41) is 0. The zero-order chi connectivity index (χ0) is 21.6. The predicted octanol–water partition coefficient (Wildman–Crippen LogP) is 4.25. The molecule has 1 saturated heterocycles. The topological polar surface area (TPSA) is 45.7 Å². The summed E-state index contributed by atoms with van der Waals surface area (Å²) in [7, 11) is 0. The van der Waals surface area contributed by atoms with Crippen LogP contribution in [0.2, 0.25) is 0 Å². The fraction of sp³-hybridized carbons (Fsp3) is 0.364. The first kappa shape index (κ1) is 21.7. The normalized spacial score (nSPS) is 15.3. The Bertz CT molecular complexity index is 882. The Labute approximate surface area is 173 Å². The summed E-state index contributed by atoms with van der Waals surface area (Å²) in [6.07, 6.45) is 0.428. The molecule has 2 heterocycles. The monoisotopic (exact) mass is 419 g/mol. The number of ether oxygens (including phenoxy) is 1. The molecule has 0 bridgehead atoms. The van der Waals surface area contributed by atoms with E-state index in [4.69, 9.17) is 4.74 Å². The van der Waals surface area contributed by atoms with Crippen LogP contribution in [-0.4, -0.2) is 48.6 Å². The van der Waals surface area contributed by atoms with Gasteiger partial charge in [0.2, 0.25) is 5.91 Å². The van der Waals surface area contributed by atoms with Gasteiger partial charge < -0.3 is 14.5 Å². The van der Waals surface area contributed by atoms with Crippen LogP contribution in [0, 0.1) is 0 Å². The first-order valence-electron chi connectivity index (χ1n) is 9.85. The second kappa shape index (κ2) is 9.65. The lowest BCUT2D eigenvalue weighted by atomic mass is 10.2. The van der Waals surface area contributed by atoms with E-state index in [-0.39, 0.29) is 5.91 Å². The highest BCUT2D eigenvalue weighted by Gasteiger charge is 2.31. The fourth-order valence-corrected chi connectivity index (χ4v) is 3.28. The van der Waals surface area contributed by atoms with Crippen LogP contribution in [0.5, 0.6) is 5.75 Å². The molecule has 2 aromatic rings. The van der Waals surface area contributed by atoms with Crippen molar-refractivity contribution in [3.63, 3.8) is 0 Å². The van der Waals surface area contributed by atoms with Crippen molar-refractivity contribution in [3.05, 3.63) is 59.8 Å². The summed E-state index contributed by atoms with van der Waals surface area (Å²) in [5.74, 6) is 1.10. The number of rotatable bonds is 5. The third-order valence-electron chi connectivity index (χ3n) is 4.83. The maximum atomic E-state index is 12.7. The molecule has 0 unspecified atom stereocenters. The predicted molar refractivity (Wildman–Crippen MR) is 109 cm³/mol. The van der Waals surface area contributed by atoms with Gasteiger partial charge in [0.05, 0.1) is 12.2 Å². The summed E-state index contributed by atoms with van der Waals surface area (Å²) in [6, 6.07) is 9.92. The maximum absolute atomic E-state index is 12.7. The fourth-order valence-electron chi connectivity index (χ4n) is 3.28. The molecule has 0 spiro atoms. The molecule has 1 aromatic heterocycles. The standard InChI is InChI=1S/C22H24F3N3O2/c1-2-30-19-7-4-3-6-17(19)8-11-21(29)28-13-5-12-27(14-15-28)20-10-9-18(16-26-20)22(23,24)25/h3-4,6-11,16H,2,5,12-15H2,1H3/b11-8+. The van der Waals surface area contributed by atoms with Gasteiger partial charge in [0.25, 0.3) is 0 Å². The third kappa shape index (κ3) is 5.52. The average Bonchev–Trinajstić information content (AvgIpc) is 2.99. The maximum Gasteiger partial charge on any atom is 0.417 e. The van der Waals surface area contributed by atoms with Crippen molar-refractivity contribution in [2.24, 2.45) is 0 Å². The van der Waals surface area contributed by atoms with Gasteiger partial charge >= 0.3 is 6.18 Å². The van der Waals surface area contributed by atoms with Crippen molar-refractivity contribution in [3.8, 4) is 5.75 Å². The van der Waals surface area contributed by atoms with E-state index in [9.17, 15) is 18.0 Å². The average molecular weight is 419 g/mol. The molecular weight excluding hydrogens is 395 g/mol. The minimum absolute atomic E-state index is 0.108. The van der Waals surface area contributed by atoms with Crippen LogP contribution in [-0.2, 0) is 11.0 Å². The number of para-hydroxylation sites is 1. The number of alkyl halides is 3. The number of hydrogen-bond donors (Lipinski definition) is 0. The van der Waals surface area contributed by atoms with Crippen molar-refractivity contribution in [1.29, 1.82) is 0 Å². The summed E-state index contributed by atoms with van der Waals surface area (Å²) in [5.41, 5.74) is 0.0634. The van der Waals surface area contributed by atoms with Crippen LogP contribution in [0.4, 0.5) is 19.0 Å². The second-order valence-electron chi connectivity index (χ2n) is 6.87. The Morgan fingerprint density at radius 1 is 1.13 bits per heavy atom. The molecule has 30 heavy (non-hydrogen) atoms. The number of hydrogen-bond acceptors (Lipinski definition) is 4. The van der Waals surface area contributed by atoms with Crippen molar-refractivity contribution < 1.29 is 22.7 Å². The van der Waals surface area contributed by atoms with Crippen LogP contribution in [0.1, 0.15) is 24.5 Å². The lowest BCUT2D eigenvalue weighted by Crippen LogP contribution is -2.34. The summed E-state index contributed by atoms with van der Waals surface area (Å²) < 4.78 is 43.7. The van der Waals surface area contributed by atoms with E-state index in [0.717, 1.165) is 23.6 Å². The Morgan fingerprint density at radius 3 is 2.63 bits per heavy atom. The van der Waals surface area contributed by atoms with E-state index in [1.165, 1.54) is 12.1 Å². The number of aromatic nitrogens is 1. The first-order valence-corrected chi connectivity index (χ1v) is 9.85. The van der Waals surface area contributed by atoms with Gasteiger partial charge in [0.15, 0.2) is 0 Å². The van der Waals surface area contributed by atoms with Gasteiger partial charge in [-0.1, -0.05) is 18.2 Å². The molecule has 0 radical (unpaired) electrons. The molecule has 0 aliphatic carbocycles. The highest BCUT2D eigenvalue weighted by atomic mass is 19.4. The Kier molecular flexibility index (Phi) is 6.97. The van der Waals surface area contributed by atoms with E-state index in [1.807, 2.05) is 36.1 Å². The minimum atomic E-state index is -4.40. The van der Waals surface area contributed by atoms with Crippen molar-refractivity contribution >= 4 is 17.8 Å². The SMILES string of the molecule is CCOc1ccccc1/C=C/C(=O)N1CCCN(c2ccc(C(F)(F)F)cn2)CC1. The molecule has 3 rings (SSSR count). The quantitative estimate of drug-likeness (QED) is 0.680. The van der Waals surface area contributed by atoms with Gasteiger partial charge in [0, 0.05) is 44.0 Å². The van der Waals surface area contributed by atoms with E-state index in [1.54, 1.807) is 11.0 Å². The van der Waals surface area contributed by atoms with Gasteiger partial charge in [-0.15, -0.1) is 0 Å². The number of carbonyl (C=O) groups excluding carboxylic acids is 1. The molecule has 1 fully saturated rings. The van der Waals surface area contributed by atoms with Gasteiger partial charge in [-0.25, -0.2) is 4.98 Å². The molecule has 1 aliphatic rings. The van der Waals surface area contributed by atoms with Crippen LogP contribution in [0.25, 0.3) is 6.08 Å². The van der Waals surface area contributed by atoms with Crippen LogP contribution < -0.4 is 9.64 Å². The molecular formula is C22H24F3N3O2. The Hall–Kier alpha value is -3.03. The molecule has 5 nitrogen and oxygen atoms in total. The third-order valence-corrected chi connectivity index (χ3v) is 4.83. The van der Waals surface area contributed by atoms with Gasteiger partial charge in [-0.2, -0.15) is 13.2 Å². The number of benzene rings is 1. The van der Waals surface area contributed by atoms with Crippen LogP contribution in [0.15, 0.2) is 48.7 Å². The van der Waals surface area contributed by atoms with Gasteiger partial charge in [0.1, 0.15) is 11.6 Å². The number of pyridine rings is 1. The molecule has 1 amide bonds.